The SMILES string of the molecule is CC1=C(C(=O)OCCCCC(F)(F)C(F)(F)C(F)(F)C(F)(F)C(F)(F)C(F)(F)C(F)(F)C(F)(F)F)C(c2ccccc2)CC(=O)N1. The molecule has 1 heterocycles. The zero-order chi connectivity index (χ0) is 35.9. The molecule has 1 aliphatic heterocycles. The van der Waals surface area contributed by atoms with E-state index >= 15 is 0 Å². The molecule has 0 saturated heterocycles. The van der Waals surface area contributed by atoms with Gasteiger partial charge in [-0.1, -0.05) is 30.3 Å². The first kappa shape index (κ1) is 38.9. The maximum Gasteiger partial charge on any atom is 0.460 e. The van der Waals surface area contributed by atoms with Crippen LogP contribution >= 0.6 is 0 Å². The Kier molecular flexibility index (Phi) is 10.5. The van der Waals surface area contributed by atoms with Crippen molar-refractivity contribution >= 4 is 11.9 Å². The molecule has 1 unspecified atom stereocenters. The molecular formula is C25H20F17NO3. The smallest absolute Gasteiger partial charge is 0.460 e. The van der Waals surface area contributed by atoms with Gasteiger partial charge in [0.2, 0.25) is 5.91 Å². The number of nitrogens with one attached hydrogen (secondary N) is 1. The van der Waals surface area contributed by atoms with E-state index in [-0.39, 0.29) is 17.7 Å². The number of hydrogen-bond donors (Lipinski definition) is 1. The third-order valence-electron chi connectivity index (χ3n) is 6.80. The zero-order valence-electron chi connectivity index (χ0n) is 22.6. The average Bonchev–Trinajstić information content (AvgIpc) is 2.91. The Morgan fingerprint density at radius 2 is 1.17 bits per heavy atom. The molecule has 1 aliphatic rings. The normalized spacial score (nSPS) is 18.0. The summed E-state index contributed by atoms with van der Waals surface area (Å²) in [6.07, 6.45) is -13.1. The van der Waals surface area contributed by atoms with Crippen molar-refractivity contribution in [2.75, 3.05) is 6.61 Å². The number of allylic oxidation sites excluding steroid dienone is 1. The summed E-state index contributed by atoms with van der Waals surface area (Å²) < 4.78 is 232. The molecule has 1 aromatic carbocycles. The number of carbonyl (C=O) groups excluding carboxylic acids is 2. The van der Waals surface area contributed by atoms with Crippen LogP contribution in [0.2, 0.25) is 0 Å². The van der Waals surface area contributed by atoms with Crippen LogP contribution in [0.25, 0.3) is 0 Å². The Morgan fingerprint density at radius 1 is 0.717 bits per heavy atom. The van der Waals surface area contributed by atoms with Crippen molar-refractivity contribution in [3.63, 3.8) is 0 Å². The lowest BCUT2D eigenvalue weighted by atomic mass is 9.84. The summed E-state index contributed by atoms with van der Waals surface area (Å²) in [7, 11) is 0. The van der Waals surface area contributed by atoms with Gasteiger partial charge >= 0.3 is 53.6 Å². The van der Waals surface area contributed by atoms with Crippen molar-refractivity contribution in [3.05, 3.63) is 47.2 Å². The van der Waals surface area contributed by atoms with Gasteiger partial charge in [0, 0.05) is 24.5 Å². The van der Waals surface area contributed by atoms with Gasteiger partial charge in [-0.25, -0.2) is 4.79 Å². The van der Waals surface area contributed by atoms with Gasteiger partial charge in [0.15, 0.2) is 0 Å². The lowest BCUT2D eigenvalue weighted by Gasteiger charge is -2.42. The van der Waals surface area contributed by atoms with Crippen LogP contribution in [-0.2, 0) is 14.3 Å². The van der Waals surface area contributed by atoms with E-state index in [0.29, 0.717) is 5.56 Å². The van der Waals surface area contributed by atoms with E-state index < -0.39 is 91.3 Å². The van der Waals surface area contributed by atoms with Crippen LogP contribution in [0, 0.1) is 0 Å². The molecule has 0 bridgehead atoms. The van der Waals surface area contributed by atoms with Crippen LogP contribution in [0.4, 0.5) is 74.6 Å². The standard InChI is InChI=1S/C25H20F17NO3/c1-12-16(14(11-15(44)43-12)13-7-3-2-4-8-13)17(45)46-10-6-5-9-18(26,27)19(28,29)20(30,31)21(32,33)22(34,35)23(36,37)24(38,39)25(40,41)42/h2-4,7-8,14H,5-6,9-11H2,1H3,(H,43,44). The number of ether oxygens (including phenoxy) is 1. The number of unbranched alkanes of at least 4 members (excludes halogenated alkanes) is 1. The fraction of sp³-hybridized carbons (Fsp3) is 0.600. The van der Waals surface area contributed by atoms with Crippen molar-refractivity contribution in [2.24, 2.45) is 0 Å². The average molecular weight is 705 g/mol. The van der Waals surface area contributed by atoms with Gasteiger partial charge in [-0.2, -0.15) is 74.6 Å². The highest BCUT2D eigenvalue weighted by Crippen LogP contribution is 2.64. The predicted molar refractivity (Wildman–Crippen MR) is 120 cm³/mol. The summed E-state index contributed by atoms with van der Waals surface area (Å²) in [6.45, 7) is 0.335. The Labute approximate surface area is 246 Å². The molecule has 0 spiro atoms. The van der Waals surface area contributed by atoms with E-state index in [2.05, 4.69) is 5.32 Å². The number of carbonyl (C=O) groups is 2. The maximum absolute atomic E-state index is 14.1. The monoisotopic (exact) mass is 705 g/mol. The second-order valence-corrected chi connectivity index (χ2v) is 10.00. The minimum absolute atomic E-state index is 0.000173. The van der Waals surface area contributed by atoms with Gasteiger partial charge in [0.1, 0.15) is 0 Å². The van der Waals surface area contributed by atoms with Crippen molar-refractivity contribution < 1.29 is 89.0 Å². The van der Waals surface area contributed by atoms with Gasteiger partial charge in [-0.3, -0.25) is 4.79 Å². The Bertz CT molecular complexity index is 1310. The quantitative estimate of drug-likeness (QED) is 0.128. The van der Waals surface area contributed by atoms with Gasteiger partial charge in [-0.15, -0.1) is 0 Å². The van der Waals surface area contributed by atoms with Crippen LogP contribution in [0.15, 0.2) is 41.6 Å². The highest BCUT2D eigenvalue weighted by atomic mass is 19.4. The first-order chi connectivity index (χ1) is 20.5. The van der Waals surface area contributed by atoms with Gasteiger partial charge in [0.05, 0.1) is 12.2 Å². The van der Waals surface area contributed by atoms with E-state index in [1.54, 1.807) is 18.2 Å². The Morgan fingerprint density at radius 3 is 1.65 bits per heavy atom. The van der Waals surface area contributed by atoms with Crippen molar-refractivity contribution in [1.82, 2.24) is 5.32 Å². The van der Waals surface area contributed by atoms with E-state index in [1.807, 2.05) is 0 Å². The predicted octanol–water partition coefficient (Wildman–Crippen LogP) is 8.29. The van der Waals surface area contributed by atoms with Crippen LogP contribution < -0.4 is 5.32 Å². The molecule has 262 valence electrons. The summed E-state index contributed by atoms with van der Waals surface area (Å²) in [5.41, 5.74) is 0.312. The Balaban J connectivity index is 2.18. The molecule has 1 N–H and O–H groups in total. The summed E-state index contributed by atoms with van der Waals surface area (Å²) in [6, 6.07) is 7.78. The number of alkyl halides is 17. The third kappa shape index (κ3) is 6.33. The van der Waals surface area contributed by atoms with Gasteiger partial charge in [-0.05, 0) is 25.3 Å². The molecule has 4 nitrogen and oxygen atoms in total. The number of esters is 1. The topological polar surface area (TPSA) is 55.4 Å². The highest BCUT2D eigenvalue weighted by molar-refractivity contribution is 5.95. The zero-order valence-corrected chi connectivity index (χ0v) is 22.6. The Hall–Kier alpha value is -3.29. The highest BCUT2D eigenvalue weighted by Gasteiger charge is 2.95. The first-order valence-corrected chi connectivity index (χ1v) is 12.5. The molecule has 1 atom stereocenters. The van der Waals surface area contributed by atoms with E-state index in [4.69, 9.17) is 4.74 Å². The summed E-state index contributed by atoms with van der Waals surface area (Å²) in [4.78, 5) is 24.6. The number of rotatable bonds is 13. The molecule has 2 rings (SSSR count). The van der Waals surface area contributed by atoms with Crippen molar-refractivity contribution in [3.8, 4) is 0 Å². The maximum atomic E-state index is 14.1. The van der Waals surface area contributed by atoms with E-state index in [9.17, 15) is 84.2 Å². The molecule has 1 amide bonds. The van der Waals surface area contributed by atoms with Crippen LogP contribution in [0.5, 0.6) is 0 Å². The fourth-order valence-electron chi connectivity index (χ4n) is 4.19. The second kappa shape index (κ2) is 12.4. The summed E-state index contributed by atoms with van der Waals surface area (Å²) in [5.74, 6) is -59.3. The van der Waals surface area contributed by atoms with Crippen LogP contribution in [0.3, 0.4) is 0 Å². The molecule has 0 aliphatic carbocycles. The number of hydrogen-bond acceptors (Lipinski definition) is 3. The second-order valence-electron chi connectivity index (χ2n) is 10.00. The lowest BCUT2D eigenvalue weighted by Crippen LogP contribution is -2.74. The number of benzene rings is 1. The van der Waals surface area contributed by atoms with Crippen LogP contribution in [-0.4, -0.2) is 66.1 Å². The molecule has 0 fully saturated rings. The van der Waals surface area contributed by atoms with Gasteiger partial charge in [0.25, 0.3) is 0 Å². The van der Waals surface area contributed by atoms with Crippen molar-refractivity contribution in [1.29, 1.82) is 0 Å². The molecule has 46 heavy (non-hydrogen) atoms. The minimum atomic E-state index is -8.68. The van der Waals surface area contributed by atoms with E-state index in [0.717, 1.165) is 0 Å². The summed E-state index contributed by atoms with van der Waals surface area (Å²) in [5, 5.41) is 2.34. The van der Waals surface area contributed by atoms with Gasteiger partial charge < -0.3 is 10.1 Å². The number of halogens is 17. The third-order valence-corrected chi connectivity index (χ3v) is 6.80. The molecular weight excluding hydrogens is 685 g/mol. The number of amides is 1. The molecule has 0 saturated carbocycles. The minimum Gasteiger partial charge on any atom is -0.462 e. The van der Waals surface area contributed by atoms with Crippen LogP contribution in [0.1, 0.15) is 44.1 Å². The molecule has 0 radical (unpaired) electrons. The van der Waals surface area contributed by atoms with E-state index in [1.165, 1.54) is 19.1 Å². The fourth-order valence-corrected chi connectivity index (χ4v) is 4.19. The molecule has 0 aromatic heterocycles. The largest absolute Gasteiger partial charge is 0.462 e. The van der Waals surface area contributed by atoms with Crippen molar-refractivity contribution in [2.45, 2.75) is 86.2 Å². The molecule has 21 heteroatoms. The molecule has 1 aromatic rings. The first-order valence-electron chi connectivity index (χ1n) is 12.5. The lowest BCUT2D eigenvalue weighted by molar-refractivity contribution is -0.461. The summed E-state index contributed by atoms with van der Waals surface area (Å²) >= 11 is 0.